The first-order valence-electron chi connectivity index (χ1n) is 8.73. The normalized spacial score (nSPS) is 26.0. The summed E-state index contributed by atoms with van der Waals surface area (Å²) < 4.78 is 5.40. The minimum absolute atomic E-state index is 0.785. The summed E-state index contributed by atoms with van der Waals surface area (Å²) in [5.74, 6) is 3.72. The van der Waals surface area contributed by atoms with E-state index in [0.29, 0.717) is 0 Å². The average Bonchev–Trinajstić information content (AvgIpc) is 2.61. The molecule has 2 heterocycles. The summed E-state index contributed by atoms with van der Waals surface area (Å²) in [6, 6.07) is 2.07. The van der Waals surface area contributed by atoms with Gasteiger partial charge in [-0.15, -0.1) is 0 Å². The van der Waals surface area contributed by atoms with Gasteiger partial charge in [0.25, 0.3) is 0 Å². The number of hydrogen-bond donors (Lipinski definition) is 1. The van der Waals surface area contributed by atoms with Gasteiger partial charge in [-0.2, -0.15) is 0 Å². The number of morpholine rings is 1. The van der Waals surface area contributed by atoms with Gasteiger partial charge in [0.2, 0.25) is 0 Å². The standard InChI is InChI=1S/C17H28N4O/c1-2-14-3-5-15(6-4-14)12-18-16-11-17(20-13-19-16)21-7-9-22-10-8-21/h11,13-15H,2-10,12H2,1H3,(H,18,19,20). The highest BCUT2D eigenvalue weighted by Crippen LogP contribution is 2.30. The number of ether oxygens (including phenoxy) is 1. The van der Waals surface area contributed by atoms with Crippen LogP contribution >= 0.6 is 0 Å². The van der Waals surface area contributed by atoms with E-state index in [4.69, 9.17) is 4.74 Å². The second kappa shape index (κ2) is 7.77. The number of rotatable bonds is 5. The van der Waals surface area contributed by atoms with E-state index in [1.54, 1.807) is 6.33 Å². The molecule has 122 valence electrons. The Morgan fingerprint density at radius 3 is 2.59 bits per heavy atom. The molecule has 0 amide bonds. The molecular formula is C17H28N4O. The van der Waals surface area contributed by atoms with Crippen molar-refractivity contribution in [3.8, 4) is 0 Å². The predicted molar refractivity (Wildman–Crippen MR) is 89.3 cm³/mol. The molecule has 0 bridgehead atoms. The van der Waals surface area contributed by atoms with Crippen LogP contribution in [0.25, 0.3) is 0 Å². The number of hydrogen-bond acceptors (Lipinski definition) is 5. The van der Waals surface area contributed by atoms with Gasteiger partial charge in [-0.25, -0.2) is 9.97 Å². The van der Waals surface area contributed by atoms with Crippen LogP contribution in [0.2, 0.25) is 0 Å². The van der Waals surface area contributed by atoms with Crippen molar-refractivity contribution in [2.75, 3.05) is 43.1 Å². The molecule has 0 spiro atoms. The summed E-state index contributed by atoms with van der Waals surface area (Å²) >= 11 is 0. The van der Waals surface area contributed by atoms with Crippen molar-refractivity contribution in [1.29, 1.82) is 0 Å². The lowest BCUT2D eigenvalue weighted by Crippen LogP contribution is -2.36. The van der Waals surface area contributed by atoms with Gasteiger partial charge < -0.3 is 15.0 Å². The molecular weight excluding hydrogens is 276 g/mol. The third-order valence-electron chi connectivity index (χ3n) is 5.10. The maximum absolute atomic E-state index is 5.40. The van der Waals surface area contributed by atoms with Crippen molar-refractivity contribution in [2.45, 2.75) is 39.0 Å². The van der Waals surface area contributed by atoms with Crippen molar-refractivity contribution in [1.82, 2.24) is 9.97 Å². The monoisotopic (exact) mass is 304 g/mol. The maximum atomic E-state index is 5.40. The molecule has 2 aliphatic rings. The van der Waals surface area contributed by atoms with Crippen LogP contribution < -0.4 is 10.2 Å². The minimum atomic E-state index is 0.785. The first kappa shape index (κ1) is 15.5. The molecule has 0 atom stereocenters. The van der Waals surface area contributed by atoms with Crippen molar-refractivity contribution >= 4 is 11.6 Å². The lowest BCUT2D eigenvalue weighted by molar-refractivity contribution is 0.122. The molecule has 5 nitrogen and oxygen atoms in total. The summed E-state index contributed by atoms with van der Waals surface area (Å²) in [4.78, 5) is 11.0. The molecule has 0 unspecified atom stereocenters. The van der Waals surface area contributed by atoms with E-state index in [-0.39, 0.29) is 0 Å². The molecule has 5 heteroatoms. The van der Waals surface area contributed by atoms with E-state index in [2.05, 4.69) is 33.2 Å². The Morgan fingerprint density at radius 2 is 1.86 bits per heavy atom. The first-order valence-corrected chi connectivity index (χ1v) is 8.73. The fourth-order valence-corrected chi connectivity index (χ4v) is 3.50. The zero-order valence-corrected chi connectivity index (χ0v) is 13.6. The SMILES string of the molecule is CCC1CCC(CNc2cc(N3CCOCC3)ncn2)CC1. The van der Waals surface area contributed by atoms with Crippen LogP contribution in [0.4, 0.5) is 11.6 Å². The Balaban J connectivity index is 1.50. The third-order valence-corrected chi connectivity index (χ3v) is 5.10. The third kappa shape index (κ3) is 4.09. The average molecular weight is 304 g/mol. The number of nitrogens with one attached hydrogen (secondary N) is 1. The highest BCUT2D eigenvalue weighted by atomic mass is 16.5. The van der Waals surface area contributed by atoms with Crippen LogP contribution in [0.3, 0.4) is 0 Å². The van der Waals surface area contributed by atoms with Crippen LogP contribution in [-0.4, -0.2) is 42.8 Å². The highest BCUT2D eigenvalue weighted by Gasteiger charge is 2.20. The van der Waals surface area contributed by atoms with Gasteiger partial charge in [-0.1, -0.05) is 26.2 Å². The molecule has 1 saturated heterocycles. The molecule has 1 aromatic heterocycles. The molecule has 2 fully saturated rings. The fourth-order valence-electron chi connectivity index (χ4n) is 3.50. The largest absolute Gasteiger partial charge is 0.378 e. The van der Waals surface area contributed by atoms with Gasteiger partial charge in [-0.3, -0.25) is 0 Å². The topological polar surface area (TPSA) is 50.3 Å². The second-order valence-electron chi connectivity index (χ2n) is 6.54. The van der Waals surface area contributed by atoms with Crippen molar-refractivity contribution in [3.63, 3.8) is 0 Å². The number of aromatic nitrogens is 2. The molecule has 3 rings (SSSR count). The van der Waals surface area contributed by atoms with Crippen LogP contribution in [0, 0.1) is 11.8 Å². The van der Waals surface area contributed by atoms with Gasteiger partial charge in [0.15, 0.2) is 0 Å². The number of nitrogens with zero attached hydrogens (tertiary/aromatic N) is 3. The summed E-state index contributed by atoms with van der Waals surface area (Å²) in [5, 5.41) is 3.52. The Bertz CT molecular complexity index is 454. The molecule has 0 radical (unpaired) electrons. The van der Waals surface area contributed by atoms with Gasteiger partial charge >= 0.3 is 0 Å². The van der Waals surface area contributed by atoms with Gasteiger partial charge in [0.1, 0.15) is 18.0 Å². The smallest absolute Gasteiger partial charge is 0.134 e. The van der Waals surface area contributed by atoms with Gasteiger partial charge in [0, 0.05) is 25.7 Å². The van der Waals surface area contributed by atoms with E-state index >= 15 is 0 Å². The summed E-state index contributed by atoms with van der Waals surface area (Å²) in [6.45, 7) is 6.75. The van der Waals surface area contributed by atoms with E-state index in [9.17, 15) is 0 Å². The summed E-state index contributed by atoms with van der Waals surface area (Å²) in [6.07, 6.45) is 8.51. The van der Waals surface area contributed by atoms with E-state index in [0.717, 1.165) is 56.3 Å². The van der Waals surface area contributed by atoms with E-state index < -0.39 is 0 Å². The first-order chi connectivity index (χ1) is 10.8. The quantitative estimate of drug-likeness (QED) is 0.906. The zero-order chi connectivity index (χ0) is 15.2. The Labute approximate surface area is 133 Å². The lowest BCUT2D eigenvalue weighted by atomic mass is 9.81. The van der Waals surface area contributed by atoms with Crippen molar-refractivity contribution < 1.29 is 4.74 Å². The molecule has 1 saturated carbocycles. The van der Waals surface area contributed by atoms with E-state index in [1.807, 2.05) is 0 Å². The Hall–Kier alpha value is -1.36. The summed E-state index contributed by atoms with van der Waals surface area (Å²) in [5.41, 5.74) is 0. The van der Waals surface area contributed by atoms with Gasteiger partial charge in [-0.05, 0) is 24.7 Å². The zero-order valence-electron chi connectivity index (χ0n) is 13.6. The van der Waals surface area contributed by atoms with Crippen LogP contribution in [0.5, 0.6) is 0 Å². The summed E-state index contributed by atoms with van der Waals surface area (Å²) in [7, 11) is 0. The molecule has 1 aliphatic heterocycles. The lowest BCUT2D eigenvalue weighted by Gasteiger charge is -2.29. The maximum Gasteiger partial charge on any atom is 0.134 e. The van der Waals surface area contributed by atoms with Gasteiger partial charge in [0.05, 0.1) is 13.2 Å². The fraction of sp³-hybridized carbons (Fsp3) is 0.765. The molecule has 22 heavy (non-hydrogen) atoms. The Morgan fingerprint density at radius 1 is 1.14 bits per heavy atom. The number of anilines is 2. The van der Waals surface area contributed by atoms with Crippen LogP contribution in [-0.2, 0) is 4.74 Å². The predicted octanol–water partition coefficient (Wildman–Crippen LogP) is 2.94. The highest BCUT2D eigenvalue weighted by molar-refractivity contribution is 5.48. The minimum Gasteiger partial charge on any atom is -0.378 e. The van der Waals surface area contributed by atoms with Crippen LogP contribution in [0.1, 0.15) is 39.0 Å². The Kier molecular flexibility index (Phi) is 5.48. The molecule has 1 aromatic rings. The van der Waals surface area contributed by atoms with Crippen molar-refractivity contribution in [3.05, 3.63) is 12.4 Å². The second-order valence-corrected chi connectivity index (χ2v) is 6.54. The molecule has 0 aromatic carbocycles. The van der Waals surface area contributed by atoms with Crippen LogP contribution in [0.15, 0.2) is 12.4 Å². The van der Waals surface area contributed by atoms with Crippen molar-refractivity contribution in [2.24, 2.45) is 11.8 Å². The molecule has 1 N–H and O–H groups in total. The molecule has 1 aliphatic carbocycles. The van der Waals surface area contributed by atoms with E-state index in [1.165, 1.54) is 32.1 Å².